The molecule has 0 heterocycles. The zero-order valence-electron chi connectivity index (χ0n) is 1.93. The van der Waals surface area contributed by atoms with E-state index in [0.717, 1.165) is 0 Å². The Labute approximate surface area is 51.2 Å². The van der Waals surface area contributed by atoms with Crippen LogP contribution >= 0.6 is 0 Å². The van der Waals surface area contributed by atoms with Crippen molar-refractivity contribution in [1.82, 2.24) is 0 Å². The van der Waals surface area contributed by atoms with E-state index in [1.54, 1.807) is 0 Å². The van der Waals surface area contributed by atoms with E-state index in [4.69, 9.17) is 0 Å². The van der Waals surface area contributed by atoms with E-state index < -0.39 is 0 Å². The maximum Gasteiger partial charge on any atom is 2.00 e. The van der Waals surface area contributed by atoms with Gasteiger partial charge in [0.05, 0.1) is 0 Å². The van der Waals surface area contributed by atoms with Crippen LogP contribution < -0.4 is 0 Å². The number of rotatable bonds is 0. The van der Waals surface area contributed by atoms with E-state index >= 15 is 0 Å². The fourth-order valence-electron chi connectivity index (χ4n) is 0. The summed E-state index contributed by atoms with van der Waals surface area (Å²) >= 11 is 0. The molecule has 0 saturated carbocycles. The predicted octanol–water partition coefficient (Wildman–Crippen LogP) is -0.999. The molecule has 0 aliphatic rings. The van der Waals surface area contributed by atoms with Gasteiger partial charge < -0.3 is 11.0 Å². The molecular weight excluding hydrogens is 135 g/mol. The molecule has 2 nitrogen and oxygen atoms in total. The summed E-state index contributed by atoms with van der Waals surface area (Å²) in [6.07, 6.45) is 0. The molecule has 20 valence electrons. The summed E-state index contributed by atoms with van der Waals surface area (Å²) in [6.45, 7) is 0. The van der Waals surface area contributed by atoms with Gasteiger partial charge in [-0.1, -0.05) is 0 Å². The first kappa shape index (κ1) is 63.3. The van der Waals surface area contributed by atoms with Crippen LogP contribution in [0.5, 0.6) is 0 Å². The van der Waals surface area contributed by atoms with Gasteiger partial charge in [0.25, 0.3) is 0 Å². The van der Waals surface area contributed by atoms with Gasteiger partial charge in [-0.3, -0.25) is 0 Å². The van der Waals surface area contributed by atoms with Crippen molar-refractivity contribution < 1.29 is 11.0 Å². The molecule has 0 spiro atoms. The van der Waals surface area contributed by atoms with Crippen LogP contribution in [-0.2, 0) is 11.0 Å². The summed E-state index contributed by atoms with van der Waals surface area (Å²) in [4.78, 5) is 0. The molecule has 0 atom stereocenters. The minimum absolute atomic E-state index is 0. The molecule has 0 amide bonds. The van der Waals surface area contributed by atoms with Crippen molar-refractivity contribution in [3.63, 3.8) is 0 Å². The average molecular weight is 135 g/mol. The summed E-state index contributed by atoms with van der Waals surface area (Å²) in [5.74, 6) is 0. The van der Waals surface area contributed by atoms with Gasteiger partial charge in [-0.05, 0) is 0 Å². The Kier molecular flexibility index (Phi) is 471. The predicted molar refractivity (Wildman–Crippen MR) is 12.9 cm³/mol. The summed E-state index contributed by atoms with van der Waals surface area (Å²) in [5.41, 5.74) is 0. The molecule has 0 aromatic carbocycles. The molecule has 4 radical (unpaired) electrons. The first-order valence-electron chi connectivity index (χ1n) is 0. The van der Waals surface area contributed by atoms with Crippen LogP contribution in [0.25, 0.3) is 0 Å². The first-order chi connectivity index (χ1) is 0. The molecule has 4 heteroatoms. The minimum Gasteiger partial charge on any atom is -2.00 e. The Bertz CT molecular complexity index is 6.00. The van der Waals surface area contributed by atoms with Gasteiger partial charge in [0, 0.05) is 0 Å². The normalized spacial score (nSPS) is 0. The first-order valence-corrected chi connectivity index (χ1v) is 0. The largest absolute Gasteiger partial charge is 2.00 e. The Balaban J connectivity index is 0. The van der Waals surface area contributed by atoms with Crippen molar-refractivity contribution >= 4 is 40.1 Å². The van der Waals surface area contributed by atoms with E-state index in [2.05, 4.69) is 0 Å². The maximum atomic E-state index is 0. The van der Waals surface area contributed by atoms with Crippen molar-refractivity contribution in [2.45, 2.75) is 0 Å². The van der Waals surface area contributed by atoms with Crippen molar-refractivity contribution in [3.05, 3.63) is 0 Å². The maximum absolute atomic E-state index is 0. The second-order valence-electron chi connectivity index (χ2n) is 0. The van der Waals surface area contributed by atoms with Gasteiger partial charge in [-0.25, -0.2) is 0 Å². The van der Waals surface area contributed by atoms with Crippen LogP contribution in [0.2, 0.25) is 0 Å². The standard InChI is InChI=1S/Mg.2O.Se/q+2;2*-2;+2. The number of hydrogen-bond donors (Lipinski definition) is 0. The smallest absolute Gasteiger partial charge is 2.00 e. The van der Waals surface area contributed by atoms with Crippen LogP contribution in [0.1, 0.15) is 0 Å². The van der Waals surface area contributed by atoms with Crippen LogP contribution in [-0.4, -0.2) is 40.1 Å². The SMILES string of the molecule is [Mg+2].[O-2].[O-2].[Se+2]. The zero-order valence-corrected chi connectivity index (χ0v) is 5.06. The van der Waals surface area contributed by atoms with E-state index in [-0.39, 0.29) is 51.1 Å². The Morgan fingerprint density at radius 1 is 0.750 bits per heavy atom. The van der Waals surface area contributed by atoms with E-state index in [0.29, 0.717) is 0 Å². The van der Waals surface area contributed by atoms with Gasteiger partial charge in [-0.15, -0.1) is 0 Å². The molecule has 0 saturated heterocycles. The molecule has 0 fully saturated rings. The topological polar surface area (TPSA) is 57.0 Å². The van der Waals surface area contributed by atoms with Crippen LogP contribution in [0.3, 0.4) is 0 Å². The third-order valence-corrected chi connectivity index (χ3v) is 0. The molecule has 0 unspecified atom stereocenters. The van der Waals surface area contributed by atoms with Crippen molar-refractivity contribution in [1.29, 1.82) is 0 Å². The Hall–Kier alpha value is 1.21. The molecule has 0 N–H and O–H groups in total. The molecule has 0 aliphatic heterocycles. The Morgan fingerprint density at radius 2 is 0.750 bits per heavy atom. The van der Waals surface area contributed by atoms with Crippen LogP contribution in [0.15, 0.2) is 0 Å². The molecule has 0 aliphatic carbocycles. The summed E-state index contributed by atoms with van der Waals surface area (Å²) < 4.78 is 0. The summed E-state index contributed by atoms with van der Waals surface area (Å²) in [6, 6.07) is 0. The average Bonchev–Trinajstić information content (AvgIpc) is 0. The van der Waals surface area contributed by atoms with Gasteiger partial charge in [-0.2, -0.15) is 0 Å². The molecular formula is MgO2Se. The van der Waals surface area contributed by atoms with E-state index in [1.807, 2.05) is 0 Å². The third-order valence-electron chi connectivity index (χ3n) is 0. The zero-order chi connectivity index (χ0) is 0. The molecule has 0 bridgehead atoms. The summed E-state index contributed by atoms with van der Waals surface area (Å²) in [5, 5.41) is 0. The van der Waals surface area contributed by atoms with Gasteiger partial charge >= 0.3 is 40.1 Å². The van der Waals surface area contributed by atoms with Crippen molar-refractivity contribution in [2.75, 3.05) is 0 Å². The number of hydrogen-bond acceptors (Lipinski definition) is 0. The molecule has 0 aromatic heterocycles. The van der Waals surface area contributed by atoms with Crippen molar-refractivity contribution in [3.8, 4) is 0 Å². The van der Waals surface area contributed by atoms with Crippen molar-refractivity contribution in [2.24, 2.45) is 0 Å². The molecule has 0 aromatic rings. The van der Waals surface area contributed by atoms with Crippen LogP contribution in [0.4, 0.5) is 0 Å². The quantitative estimate of drug-likeness (QED) is 0.383. The van der Waals surface area contributed by atoms with Gasteiger partial charge in [0.2, 0.25) is 0 Å². The fraction of sp³-hybridized carbons (Fsp3) is 0. The molecule has 0 rings (SSSR count). The van der Waals surface area contributed by atoms with Gasteiger partial charge in [0.15, 0.2) is 0 Å². The minimum atomic E-state index is 0. The van der Waals surface area contributed by atoms with E-state index in [1.165, 1.54) is 0 Å². The Morgan fingerprint density at radius 3 is 0.750 bits per heavy atom. The second kappa shape index (κ2) is 29.7. The third kappa shape index (κ3) is 10.7. The summed E-state index contributed by atoms with van der Waals surface area (Å²) in [7, 11) is 0. The monoisotopic (exact) mass is 136 g/mol. The van der Waals surface area contributed by atoms with Crippen LogP contribution in [0, 0.1) is 0 Å². The van der Waals surface area contributed by atoms with E-state index in [9.17, 15) is 0 Å². The van der Waals surface area contributed by atoms with Gasteiger partial charge in [0.1, 0.15) is 0 Å². The fourth-order valence-corrected chi connectivity index (χ4v) is 0. The molecule has 4 heavy (non-hydrogen) atoms. The second-order valence-corrected chi connectivity index (χ2v) is 0.